The van der Waals surface area contributed by atoms with Crippen molar-refractivity contribution in [3.05, 3.63) is 11.8 Å². The molecule has 0 saturated heterocycles. The van der Waals surface area contributed by atoms with Gasteiger partial charge in [0.1, 0.15) is 0 Å². The number of aliphatic hydroxyl groups is 1. The predicted molar refractivity (Wildman–Crippen MR) is 28.1 cm³/mol. The molecule has 0 unspecified atom stereocenters. The Bertz CT molecular complexity index is 173. The first-order valence-electron chi connectivity index (χ1n) is 2.14. The molecule has 0 aliphatic heterocycles. The largest absolute Gasteiger partial charge is 0.512 e. The molecule has 0 atom stereocenters. The highest BCUT2D eigenvalue weighted by atomic mass is 16.5. The minimum Gasteiger partial charge on any atom is -0.512 e. The van der Waals surface area contributed by atoms with E-state index >= 15 is 0 Å². The Morgan fingerprint density at radius 3 is 2.78 bits per heavy atom. The summed E-state index contributed by atoms with van der Waals surface area (Å²) < 4.78 is 3.78. The number of carbonyl (C=O) groups is 1. The fourth-order valence-corrected chi connectivity index (χ4v) is 0.245. The summed E-state index contributed by atoms with van der Waals surface area (Å²) in [6.45, 7) is 1.30. The van der Waals surface area contributed by atoms with Crippen LogP contribution in [0.5, 0.6) is 0 Å². The molecule has 0 radical (unpaired) electrons. The SMILES string of the molecule is C/C(O)=C/C(=O)OC#N. The zero-order valence-corrected chi connectivity index (χ0v) is 4.79. The number of ether oxygens (including phenoxy) is 1. The highest BCUT2D eigenvalue weighted by Crippen LogP contribution is 1.85. The van der Waals surface area contributed by atoms with Gasteiger partial charge in [-0.25, -0.2) is 4.79 Å². The summed E-state index contributed by atoms with van der Waals surface area (Å²) in [5.74, 6) is -1.05. The molecule has 0 aromatic carbocycles. The first kappa shape index (κ1) is 7.50. The third-order valence-corrected chi connectivity index (χ3v) is 0.473. The van der Waals surface area contributed by atoms with Crippen molar-refractivity contribution in [3.8, 4) is 6.26 Å². The van der Waals surface area contributed by atoms with E-state index < -0.39 is 5.97 Å². The van der Waals surface area contributed by atoms with Crippen LogP contribution in [0, 0.1) is 11.5 Å². The lowest BCUT2D eigenvalue weighted by molar-refractivity contribution is -0.131. The Labute approximate surface area is 52.0 Å². The first-order chi connectivity index (χ1) is 4.16. The van der Waals surface area contributed by atoms with Crippen LogP contribution in [0.3, 0.4) is 0 Å². The number of allylic oxidation sites excluding steroid dienone is 1. The van der Waals surface area contributed by atoms with Crippen LogP contribution < -0.4 is 0 Å². The molecule has 0 bridgehead atoms. The Hall–Kier alpha value is -1.50. The summed E-state index contributed by atoms with van der Waals surface area (Å²) >= 11 is 0. The predicted octanol–water partition coefficient (Wildman–Crippen LogP) is 0.472. The minimum atomic E-state index is -0.863. The molecular weight excluding hydrogens is 122 g/mol. The van der Waals surface area contributed by atoms with Crippen molar-refractivity contribution in [2.45, 2.75) is 6.92 Å². The Kier molecular flexibility index (Phi) is 2.91. The van der Waals surface area contributed by atoms with Crippen molar-refractivity contribution in [3.63, 3.8) is 0 Å². The molecular formula is C5H5NO3. The van der Waals surface area contributed by atoms with Gasteiger partial charge in [0.2, 0.25) is 0 Å². The number of hydrogen-bond donors (Lipinski definition) is 1. The van der Waals surface area contributed by atoms with Crippen LogP contribution in [0.15, 0.2) is 11.8 Å². The summed E-state index contributed by atoms with van der Waals surface area (Å²) in [5.41, 5.74) is 0. The Morgan fingerprint density at radius 2 is 2.44 bits per heavy atom. The standard InChI is InChI=1S/C5H5NO3/c1-4(7)2-5(8)9-3-6/h2,7H,1H3/b4-2-. The number of nitrogens with zero attached hydrogens (tertiary/aromatic N) is 1. The average molecular weight is 127 g/mol. The minimum absolute atomic E-state index is 0.185. The van der Waals surface area contributed by atoms with E-state index in [2.05, 4.69) is 4.74 Å². The lowest BCUT2D eigenvalue weighted by Crippen LogP contribution is -1.94. The van der Waals surface area contributed by atoms with Gasteiger partial charge in [0, 0.05) is 0 Å². The maximum absolute atomic E-state index is 10.2. The van der Waals surface area contributed by atoms with Gasteiger partial charge in [-0.3, -0.25) is 0 Å². The number of nitriles is 1. The lowest BCUT2D eigenvalue weighted by atomic mass is 10.5. The van der Waals surface area contributed by atoms with Gasteiger partial charge < -0.3 is 9.84 Å². The molecule has 0 aromatic heterocycles. The summed E-state index contributed by atoms with van der Waals surface area (Å²) in [5, 5.41) is 16.1. The van der Waals surface area contributed by atoms with Gasteiger partial charge in [-0.05, 0) is 6.92 Å². The maximum atomic E-state index is 10.2. The van der Waals surface area contributed by atoms with Gasteiger partial charge in [0.05, 0.1) is 11.8 Å². The second-order valence-corrected chi connectivity index (χ2v) is 1.30. The molecule has 0 aromatic rings. The van der Waals surface area contributed by atoms with Gasteiger partial charge in [-0.15, -0.1) is 5.26 Å². The number of rotatable bonds is 1. The summed E-state index contributed by atoms with van der Waals surface area (Å²) in [4.78, 5) is 10.2. The highest BCUT2D eigenvalue weighted by Gasteiger charge is 1.95. The second kappa shape index (κ2) is 3.50. The van der Waals surface area contributed by atoms with Crippen molar-refractivity contribution in [1.82, 2.24) is 0 Å². The lowest BCUT2D eigenvalue weighted by Gasteiger charge is -1.85. The molecule has 0 rings (SSSR count). The van der Waals surface area contributed by atoms with Crippen molar-refractivity contribution >= 4 is 5.97 Å². The molecule has 1 N–H and O–H groups in total. The second-order valence-electron chi connectivity index (χ2n) is 1.30. The highest BCUT2D eigenvalue weighted by molar-refractivity contribution is 5.82. The van der Waals surface area contributed by atoms with Crippen LogP contribution in [0.25, 0.3) is 0 Å². The molecule has 0 aliphatic rings. The fourth-order valence-electron chi connectivity index (χ4n) is 0.245. The van der Waals surface area contributed by atoms with E-state index in [1.165, 1.54) is 13.2 Å². The van der Waals surface area contributed by atoms with Crippen molar-refractivity contribution in [2.24, 2.45) is 0 Å². The molecule has 9 heavy (non-hydrogen) atoms. The van der Waals surface area contributed by atoms with Crippen molar-refractivity contribution in [2.75, 3.05) is 0 Å². The molecule has 0 fully saturated rings. The molecule has 4 nitrogen and oxygen atoms in total. The summed E-state index contributed by atoms with van der Waals surface area (Å²) in [6.07, 6.45) is 1.98. The Morgan fingerprint density at radius 1 is 1.89 bits per heavy atom. The van der Waals surface area contributed by atoms with E-state index in [-0.39, 0.29) is 5.76 Å². The normalized spacial score (nSPS) is 10.0. The van der Waals surface area contributed by atoms with Crippen molar-refractivity contribution < 1.29 is 14.6 Å². The number of esters is 1. The number of aliphatic hydroxyl groups excluding tert-OH is 1. The quantitative estimate of drug-likeness (QED) is 0.240. The molecule has 0 spiro atoms. The van der Waals surface area contributed by atoms with E-state index in [0.29, 0.717) is 0 Å². The third kappa shape index (κ3) is 4.35. The van der Waals surface area contributed by atoms with E-state index in [0.717, 1.165) is 6.08 Å². The van der Waals surface area contributed by atoms with Crippen LogP contribution in [0.1, 0.15) is 6.92 Å². The van der Waals surface area contributed by atoms with Crippen molar-refractivity contribution in [1.29, 1.82) is 5.26 Å². The molecule has 4 heteroatoms. The maximum Gasteiger partial charge on any atom is 0.349 e. The van der Waals surface area contributed by atoms with Crippen LogP contribution in [-0.4, -0.2) is 11.1 Å². The van der Waals surface area contributed by atoms with E-state index in [4.69, 9.17) is 10.4 Å². The third-order valence-electron chi connectivity index (χ3n) is 0.473. The monoisotopic (exact) mass is 127 g/mol. The number of carbonyl (C=O) groups excluding carboxylic acids is 1. The topological polar surface area (TPSA) is 70.3 Å². The van der Waals surface area contributed by atoms with Gasteiger partial charge >= 0.3 is 5.97 Å². The van der Waals surface area contributed by atoms with Gasteiger partial charge in [-0.1, -0.05) is 0 Å². The summed E-state index contributed by atoms with van der Waals surface area (Å²) in [7, 11) is 0. The van der Waals surface area contributed by atoms with Gasteiger partial charge in [0.15, 0.2) is 0 Å². The number of hydrogen-bond acceptors (Lipinski definition) is 4. The van der Waals surface area contributed by atoms with E-state index in [1.807, 2.05) is 0 Å². The van der Waals surface area contributed by atoms with Crippen LogP contribution in [0.2, 0.25) is 0 Å². The molecule has 0 aliphatic carbocycles. The van der Waals surface area contributed by atoms with Gasteiger partial charge in [-0.2, -0.15) is 0 Å². The molecule has 0 saturated carbocycles. The molecule has 0 amide bonds. The van der Waals surface area contributed by atoms with Crippen LogP contribution in [0.4, 0.5) is 0 Å². The average Bonchev–Trinajstić information content (AvgIpc) is 1.63. The van der Waals surface area contributed by atoms with Crippen LogP contribution >= 0.6 is 0 Å². The van der Waals surface area contributed by atoms with Gasteiger partial charge in [0.25, 0.3) is 6.26 Å². The fraction of sp³-hybridized carbons (Fsp3) is 0.200. The molecule has 0 heterocycles. The Balaban J connectivity index is 3.81. The van der Waals surface area contributed by atoms with Crippen LogP contribution in [-0.2, 0) is 9.53 Å². The smallest absolute Gasteiger partial charge is 0.349 e. The first-order valence-corrected chi connectivity index (χ1v) is 2.14. The van der Waals surface area contributed by atoms with E-state index in [1.54, 1.807) is 0 Å². The van der Waals surface area contributed by atoms with E-state index in [9.17, 15) is 4.79 Å². The summed E-state index contributed by atoms with van der Waals surface area (Å²) in [6, 6.07) is 0. The zero-order valence-electron chi connectivity index (χ0n) is 4.79. The zero-order chi connectivity index (χ0) is 7.28. The molecule has 48 valence electrons.